The molecule has 0 amide bonds. The molecule has 2 aromatic carbocycles. The molecule has 2 nitrogen and oxygen atoms in total. The minimum absolute atomic E-state index is 0. The van der Waals surface area contributed by atoms with Crippen LogP contribution in [0, 0.1) is 11.7 Å². The number of rotatable bonds is 6. The van der Waals surface area contributed by atoms with E-state index in [2.05, 4.69) is 24.4 Å². The first kappa shape index (κ1) is 23.1. The van der Waals surface area contributed by atoms with Crippen molar-refractivity contribution in [2.24, 2.45) is 5.92 Å². The second-order valence-corrected chi connectivity index (χ2v) is 6.06. The van der Waals surface area contributed by atoms with Crippen molar-refractivity contribution in [3.8, 4) is 5.75 Å². The summed E-state index contributed by atoms with van der Waals surface area (Å²) in [7, 11) is 1.69. The molecule has 3 atom stereocenters. The Labute approximate surface area is 153 Å². The second-order valence-electron chi connectivity index (χ2n) is 6.06. The Morgan fingerprint density at radius 1 is 1.12 bits per heavy atom. The molecule has 1 N–H and O–H groups in total. The van der Waals surface area contributed by atoms with Crippen molar-refractivity contribution < 1.29 is 9.13 Å². The summed E-state index contributed by atoms with van der Waals surface area (Å²) in [4.78, 5) is 0. The number of ether oxygens (including phenoxy) is 1. The number of hydrogen-bond donors (Lipinski definition) is 1. The van der Waals surface area contributed by atoms with Gasteiger partial charge in [0.2, 0.25) is 0 Å². The summed E-state index contributed by atoms with van der Waals surface area (Å²) in [5, 5.41) is 3.58. The molecule has 0 spiro atoms. The van der Waals surface area contributed by atoms with Crippen LogP contribution in [0.2, 0.25) is 0 Å². The molecule has 25 heavy (non-hydrogen) atoms. The molecule has 0 radical (unpaired) electrons. The quantitative estimate of drug-likeness (QED) is 0.672. The SMILES string of the molecule is C.C.C.COc1cccc(C(C)NCC2CC2c2cccc(F)c2)c1. The third kappa shape index (κ3) is 5.86. The Morgan fingerprint density at radius 2 is 1.84 bits per heavy atom. The fraction of sp³-hybridized carbons (Fsp3) is 0.455. The van der Waals surface area contributed by atoms with Gasteiger partial charge in [-0.1, -0.05) is 46.5 Å². The maximum Gasteiger partial charge on any atom is 0.123 e. The Morgan fingerprint density at radius 3 is 2.52 bits per heavy atom. The standard InChI is InChI=1S/C19H22FNO.3CH4/c1-13(14-5-4-8-18(10-14)22-2)21-12-16-11-19(16)15-6-3-7-17(20)9-15;;;/h3-10,13,16,19,21H,11-12H2,1-2H3;3*1H4. The third-order valence-electron chi connectivity index (χ3n) is 4.48. The normalized spacial score (nSPS) is 18.8. The molecule has 3 rings (SSSR count). The fourth-order valence-corrected chi connectivity index (χ4v) is 2.98. The van der Waals surface area contributed by atoms with Gasteiger partial charge in [0.05, 0.1) is 7.11 Å². The lowest BCUT2D eigenvalue weighted by Gasteiger charge is -2.15. The van der Waals surface area contributed by atoms with Gasteiger partial charge >= 0.3 is 0 Å². The zero-order valence-electron chi connectivity index (χ0n) is 13.1. The van der Waals surface area contributed by atoms with Gasteiger partial charge in [0.1, 0.15) is 11.6 Å². The Balaban J connectivity index is 0.00000192. The summed E-state index contributed by atoms with van der Waals surface area (Å²) in [5.41, 5.74) is 2.35. The molecule has 1 saturated carbocycles. The number of hydrogen-bond acceptors (Lipinski definition) is 2. The molecule has 1 aliphatic rings. The highest BCUT2D eigenvalue weighted by atomic mass is 19.1. The summed E-state index contributed by atoms with van der Waals surface area (Å²) in [5.74, 6) is 1.85. The topological polar surface area (TPSA) is 21.3 Å². The fourth-order valence-electron chi connectivity index (χ4n) is 2.98. The van der Waals surface area contributed by atoms with Crippen molar-refractivity contribution in [2.75, 3.05) is 13.7 Å². The van der Waals surface area contributed by atoms with Crippen LogP contribution in [0.4, 0.5) is 4.39 Å². The first-order valence-corrected chi connectivity index (χ1v) is 7.80. The highest BCUT2D eigenvalue weighted by molar-refractivity contribution is 5.30. The summed E-state index contributed by atoms with van der Waals surface area (Å²) in [6, 6.07) is 15.4. The van der Waals surface area contributed by atoms with Gasteiger partial charge in [-0.15, -0.1) is 0 Å². The summed E-state index contributed by atoms with van der Waals surface area (Å²) in [6.07, 6.45) is 1.14. The predicted octanol–water partition coefficient (Wildman–Crippen LogP) is 6.20. The lowest BCUT2D eigenvalue weighted by molar-refractivity contribution is 0.413. The highest BCUT2D eigenvalue weighted by Gasteiger charge is 2.38. The first-order chi connectivity index (χ1) is 10.7. The van der Waals surface area contributed by atoms with Gasteiger partial charge in [-0.25, -0.2) is 4.39 Å². The maximum atomic E-state index is 13.3. The van der Waals surface area contributed by atoms with E-state index in [0.717, 1.165) is 24.3 Å². The molecule has 0 heterocycles. The molecule has 140 valence electrons. The Bertz CT molecular complexity index is 643. The average Bonchev–Trinajstić information content (AvgIpc) is 3.32. The number of halogens is 1. The van der Waals surface area contributed by atoms with Crippen LogP contribution in [0.25, 0.3) is 0 Å². The summed E-state index contributed by atoms with van der Waals surface area (Å²) >= 11 is 0. The molecule has 1 fully saturated rings. The predicted molar refractivity (Wildman–Crippen MR) is 107 cm³/mol. The molecule has 3 unspecified atom stereocenters. The van der Waals surface area contributed by atoms with Crippen molar-refractivity contribution in [3.05, 3.63) is 65.5 Å². The number of nitrogens with one attached hydrogen (secondary N) is 1. The molecule has 1 aliphatic carbocycles. The lowest BCUT2D eigenvalue weighted by Crippen LogP contribution is -2.21. The van der Waals surface area contributed by atoms with E-state index in [1.54, 1.807) is 19.2 Å². The van der Waals surface area contributed by atoms with E-state index >= 15 is 0 Å². The Kier molecular flexibility index (Phi) is 9.43. The molecular weight excluding hydrogens is 313 g/mol. The minimum Gasteiger partial charge on any atom is -0.497 e. The van der Waals surface area contributed by atoms with Crippen molar-refractivity contribution >= 4 is 0 Å². The molecular formula is C22H34FNO. The highest BCUT2D eigenvalue weighted by Crippen LogP contribution is 2.47. The van der Waals surface area contributed by atoms with Gasteiger partial charge in [0, 0.05) is 6.04 Å². The second kappa shape index (κ2) is 10.2. The van der Waals surface area contributed by atoms with Crippen molar-refractivity contribution in [2.45, 2.75) is 47.6 Å². The van der Waals surface area contributed by atoms with Crippen LogP contribution >= 0.6 is 0 Å². The van der Waals surface area contributed by atoms with Crippen LogP contribution in [0.15, 0.2) is 48.5 Å². The van der Waals surface area contributed by atoms with E-state index in [4.69, 9.17) is 4.74 Å². The van der Waals surface area contributed by atoms with Crippen LogP contribution in [0.3, 0.4) is 0 Å². The van der Waals surface area contributed by atoms with Crippen molar-refractivity contribution in [1.82, 2.24) is 5.32 Å². The van der Waals surface area contributed by atoms with Gasteiger partial charge in [-0.05, 0) is 67.1 Å². The minimum atomic E-state index is -0.138. The molecule has 3 heteroatoms. The molecule has 0 aliphatic heterocycles. The van der Waals surface area contributed by atoms with Gasteiger partial charge in [-0.3, -0.25) is 0 Å². The van der Waals surface area contributed by atoms with Gasteiger partial charge in [0.15, 0.2) is 0 Å². The van der Waals surface area contributed by atoms with Crippen LogP contribution in [0.5, 0.6) is 5.75 Å². The molecule has 0 bridgehead atoms. The van der Waals surface area contributed by atoms with Crippen molar-refractivity contribution in [3.63, 3.8) is 0 Å². The van der Waals surface area contributed by atoms with Crippen LogP contribution in [-0.4, -0.2) is 13.7 Å². The zero-order chi connectivity index (χ0) is 15.5. The number of benzene rings is 2. The van der Waals surface area contributed by atoms with Crippen LogP contribution < -0.4 is 10.1 Å². The smallest absolute Gasteiger partial charge is 0.123 e. The monoisotopic (exact) mass is 347 g/mol. The van der Waals surface area contributed by atoms with E-state index in [1.807, 2.05) is 18.2 Å². The summed E-state index contributed by atoms with van der Waals surface area (Å²) in [6.45, 7) is 3.12. The lowest BCUT2D eigenvalue weighted by atomic mass is 10.1. The molecule has 0 saturated heterocycles. The van der Waals surface area contributed by atoms with Gasteiger partial charge in [0.25, 0.3) is 0 Å². The van der Waals surface area contributed by atoms with E-state index in [9.17, 15) is 4.39 Å². The van der Waals surface area contributed by atoms with Gasteiger partial charge < -0.3 is 10.1 Å². The average molecular weight is 348 g/mol. The largest absolute Gasteiger partial charge is 0.497 e. The van der Waals surface area contributed by atoms with E-state index in [1.165, 1.54) is 11.6 Å². The Hall–Kier alpha value is -1.87. The van der Waals surface area contributed by atoms with Crippen molar-refractivity contribution in [1.29, 1.82) is 0 Å². The van der Waals surface area contributed by atoms with Crippen LogP contribution in [0.1, 0.15) is 58.7 Å². The maximum absolute atomic E-state index is 13.3. The first-order valence-electron chi connectivity index (χ1n) is 7.80. The molecule has 0 aromatic heterocycles. The third-order valence-corrected chi connectivity index (χ3v) is 4.48. The zero-order valence-corrected chi connectivity index (χ0v) is 13.1. The molecule has 2 aromatic rings. The van der Waals surface area contributed by atoms with Crippen LogP contribution in [-0.2, 0) is 0 Å². The number of methoxy groups -OCH3 is 1. The van der Waals surface area contributed by atoms with Gasteiger partial charge in [-0.2, -0.15) is 0 Å². The summed E-state index contributed by atoms with van der Waals surface area (Å²) < 4.78 is 18.5. The van der Waals surface area contributed by atoms with E-state index < -0.39 is 0 Å². The van der Waals surface area contributed by atoms with E-state index in [0.29, 0.717) is 11.8 Å². The van der Waals surface area contributed by atoms with E-state index in [-0.39, 0.29) is 34.1 Å².